The van der Waals surface area contributed by atoms with E-state index in [-0.39, 0.29) is 30.1 Å². The molecule has 0 aromatic heterocycles. The third kappa shape index (κ3) is 11.3. The second-order valence-corrected chi connectivity index (χ2v) is 13.4. The lowest BCUT2D eigenvalue weighted by atomic mass is 10.0. The van der Waals surface area contributed by atoms with Gasteiger partial charge in [-0.05, 0) is 109 Å². The average Bonchev–Trinajstić information content (AvgIpc) is 2.94. The van der Waals surface area contributed by atoms with Gasteiger partial charge in [-0.2, -0.15) is 43.2 Å². The third-order valence-corrected chi connectivity index (χ3v) is 8.27. The van der Waals surface area contributed by atoms with Crippen LogP contribution >= 0.6 is 0 Å². The van der Waals surface area contributed by atoms with E-state index in [1.807, 2.05) is 12.1 Å². The Morgan fingerprint density at radius 3 is 1.35 bits per heavy atom. The minimum absolute atomic E-state index is 0.0747. The summed E-state index contributed by atoms with van der Waals surface area (Å²) in [4.78, 5) is 0. The first-order chi connectivity index (χ1) is 22.1. The fourth-order valence-corrected chi connectivity index (χ4v) is 5.02. The van der Waals surface area contributed by atoms with Gasteiger partial charge >= 0.3 is 31.3 Å². The summed E-state index contributed by atoms with van der Waals surface area (Å²) in [7, 11) is -11.6. The molecule has 0 atom stereocenters. The minimum atomic E-state index is -5.82. The predicted molar refractivity (Wildman–Crippen MR) is 162 cm³/mol. The summed E-state index contributed by atoms with van der Waals surface area (Å²) in [5.41, 5.74) is -7.75. The Morgan fingerprint density at radius 2 is 0.896 bits per heavy atom. The summed E-state index contributed by atoms with van der Waals surface area (Å²) in [5.74, 6) is -0.668. The highest BCUT2D eigenvalue weighted by Gasteiger charge is 2.49. The van der Waals surface area contributed by atoms with E-state index in [0.29, 0.717) is 16.7 Å². The summed E-state index contributed by atoms with van der Waals surface area (Å²) in [6.45, 7) is 1.52. The Kier molecular flexibility index (Phi) is 11.9. The van der Waals surface area contributed by atoms with Crippen molar-refractivity contribution in [3.05, 3.63) is 113 Å². The topological polar surface area (TPSA) is 147 Å². The first-order valence-electron chi connectivity index (χ1n) is 13.6. The number of halogens is 6. The molecule has 0 amide bonds. The largest absolute Gasteiger partial charge is 0.534 e. The quantitative estimate of drug-likeness (QED) is 0.0911. The van der Waals surface area contributed by atoms with Gasteiger partial charge in [0.25, 0.3) is 0 Å². The summed E-state index contributed by atoms with van der Waals surface area (Å²) in [5, 5.41) is 27.8. The van der Waals surface area contributed by atoms with Crippen LogP contribution in [0.2, 0.25) is 0 Å². The average molecular weight is 723 g/mol. The maximum atomic E-state index is 12.5. The molecule has 0 radical (unpaired) electrons. The molecule has 260 valence electrons. The molecule has 0 saturated heterocycles. The molecule has 0 saturated carbocycles. The minimum Gasteiger partial charge on any atom is -0.508 e. The predicted octanol–water partition coefficient (Wildman–Crippen LogP) is 6.83. The highest BCUT2D eigenvalue weighted by atomic mass is 32.2. The van der Waals surface area contributed by atoms with Crippen molar-refractivity contribution in [3.63, 3.8) is 0 Å². The van der Waals surface area contributed by atoms with Crippen LogP contribution in [0.5, 0.6) is 28.7 Å². The lowest BCUT2D eigenvalue weighted by Gasteiger charge is -2.12. The van der Waals surface area contributed by atoms with Gasteiger partial charge in [0.2, 0.25) is 0 Å². The molecule has 0 aliphatic rings. The maximum absolute atomic E-state index is 12.5. The smallest absolute Gasteiger partial charge is 0.508 e. The molecule has 0 spiro atoms. The third-order valence-electron chi connectivity index (χ3n) is 6.32. The van der Waals surface area contributed by atoms with Crippen molar-refractivity contribution in [2.45, 2.75) is 43.6 Å². The van der Waals surface area contributed by atoms with Gasteiger partial charge in [0.1, 0.15) is 28.7 Å². The van der Waals surface area contributed by atoms with Crippen molar-refractivity contribution in [2.75, 3.05) is 0 Å². The molecule has 0 aliphatic carbocycles. The Morgan fingerprint density at radius 1 is 0.500 bits per heavy atom. The van der Waals surface area contributed by atoms with Gasteiger partial charge in [0.05, 0.1) is 0 Å². The number of benzene rings is 4. The van der Waals surface area contributed by atoms with Crippen LogP contribution < -0.4 is 8.37 Å². The standard InChI is InChI=1S/C17H14F6O6S2.C14H14O3/c1-11-8-13(10-15(9-11)29-31(26,27)17(21,22)23)3-2-12-4-6-14(7-5-12)28-30(24,25)16(18,19)20;15-12-5-3-10(4-6-12)1-2-11-7-13(16)9-14(17)8-11/h4-10H,2-3H2,1H3;3-9,15-17H,1-2H2. The molecule has 0 aliphatic heterocycles. The highest BCUT2D eigenvalue weighted by Crippen LogP contribution is 2.29. The Balaban J connectivity index is 0.000000308. The van der Waals surface area contributed by atoms with Gasteiger partial charge in [-0.1, -0.05) is 30.3 Å². The van der Waals surface area contributed by atoms with Crippen LogP contribution in [0.25, 0.3) is 0 Å². The normalized spacial score (nSPS) is 12.1. The van der Waals surface area contributed by atoms with E-state index < -0.39 is 42.8 Å². The van der Waals surface area contributed by atoms with E-state index in [2.05, 4.69) is 8.37 Å². The lowest BCUT2D eigenvalue weighted by Crippen LogP contribution is -2.28. The number of hydrogen-bond donors (Lipinski definition) is 3. The monoisotopic (exact) mass is 722 g/mol. The van der Waals surface area contributed by atoms with E-state index in [4.69, 9.17) is 5.11 Å². The molecule has 4 aromatic rings. The molecule has 0 heterocycles. The van der Waals surface area contributed by atoms with E-state index in [9.17, 15) is 53.4 Å². The fraction of sp³-hybridized carbons (Fsp3) is 0.226. The van der Waals surface area contributed by atoms with Crippen LogP contribution in [0, 0.1) is 6.92 Å². The molecule has 0 fully saturated rings. The lowest BCUT2D eigenvalue weighted by molar-refractivity contribution is -0.0504. The Bertz CT molecular complexity index is 1890. The molecular formula is C31H28F6O9S2. The second-order valence-electron chi connectivity index (χ2n) is 10.3. The number of phenols is 3. The number of aromatic hydroxyl groups is 3. The molecule has 4 aromatic carbocycles. The fourth-order valence-electron chi connectivity index (χ4n) is 4.12. The second kappa shape index (κ2) is 15.1. The number of rotatable bonds is 10. The van der Waals surface area contributed by atoms with Crippen molar-refractivity contribution in [1.29, 1.82) is 0 Å². The van der Waals surface area contributed by atoms with Gasteiger partial charge in [-0.25, -0.2) is 0 Å². The van der Waals surface area contributed by atoms with E-state index in [0.717, 1.165) is 48.2 Å². The molecule has 9 nitrogen and oxygen atoms in total. The van der Waals surface area contributed by atoms with Gasteiger partial charge in [0, 0.05) is 6.07 Å². The first-order valence-corrected chi connectivity index (χ1v) is 16.5. The number of phenolic OH excluding ortho intramolecular Hbond substituents is 3. The zero-order chi connectivity index (χ0) is 35.9. The van der Waals surface area contributed by atoms with Gasteiger partial charge < -0.3 is 23.7 Å². The number of alkyl halides is 6. The van der Waals surface area contributed by atoms with Crippen LogP contribution in [0.3, 0.4) is 0 Å². The van der Waals surface area contributed by atoms with E-state index >= 15 is 0 Å². The van der Waals surface area contributed by atoms with Crippen LogP contribution in [0.4, 0.5) is 26.3 Å². The van der Waals surface area contributed by atoms with Crippen molar-refractivity contribution in [2.24, 2.45) is 0 Å². The van der Waals surface area contributed by atoms with Gasteiger partial charge in [-0.3, -0.25) is 0 Å². The molecule has 0 unspecified atom stereocenters. The van der Waals surface area contributed by atoms with Crippen LogP contribution in [-0.4, -0.2) is 43.2 Å². The molecule has 0 bridgehead atoms. The summed E-state index contributed by atoms with van der Waals surface area (Å²) in [6, 6.07) is 20.1. The summed E-state index contributed by atoms with van der Waals surface area (Å²) in [6.07, 6.45) is 1.99. The molecular weight excluding hydrogens is 694 g/mol. The maximum Gasteiger partial charge on any atom is 0.534 e. The summed E-state index contributed by atoms with van der Waals surface area (Å²) < 4.78 is 127. The molecule has 17 heteroatoms. The summed E-state index contributed by atoms with van der Waals surface area (Å²) >= 11 is 0. The van der Waals surface area contributed by atoms with Crippen LogP contribution in [0.15, 0.2) is 84.9 Å². The zero-order valence-electron chi connectivity index (χ0n) is 24.8. The van der Waals surface area contributed by atoms with E-state index in [1.54, 1.807) is 30.3 Å². The first kappa shape index (κ1) is 37.8. The van der Waals surface area contributed by atoms with Crippen molar-refractivity contribution < 1.29 is 66.9 Å². The highest BCUT2D eigenvalue weighted by molar-refractivity contribution is 7.88. The van der Waals surface area contributed by atoms with Crippen molar-refractivity contribution >= 4 is 20.2 Å². The SMILES string of the molecule is Cc1cc(CCc2ccc(OS(=O)(=O)C(F)(F)F)cc2)cc(OS(=O)(=O)C(F)(F)F)c1.Oc1ccc(CCc2cc(O)cc(O)c2)cc1. The molecule has 48 heavy (non-hydrogen) atoms. The van der Waals surface area contributed by atoms with E-state index in [1.165, 1.54) is 25.1 Å². The van der Waals surface area contributed by atoms with Crippen molar-refractivity contribution in [3.8, 4) is 28.7 Å². The number of aryl methyl sites for hydroxylation is 5. The van der Waals surface area contributed by atoms with Crippen LogP contribution in [-0.2, 0) is 45.9 Å². The molecule has 4 rings (SSSR count). The van der Waals surface area contributed by atoms with Crippen LogP contribution in [0.1, 0.15) is 27.8 Å². The van der Waals surface area contributed by atoms with Gasteiger partial charge in [-0.15, -0.1) is 0 Å². The van der Waals surface area contributed by atoms with Gasteiger partial charge in [0.15, 0.2) is 0 Å². The zero-order valence-corrected chi connectivity index (χ0v) is 26.4. The van der Waals surface area contributed by atoms with Crippen molar-refractivity contribution in [1.82, 2.24) is 0 Å². The molecule has 3 N–H and O–H groups in total. The Hall–Kier alpha value is -4.64. The Labute approximate surface area is 271 Å². The number of hydrogen-bond acceptors (Lipinski definition) is 9.